The molecule has 1 heterocycles. The molecule has 1 aliphatic heterocycles. The molecular formula is C16H23N3O2. The summed E-state index contributed by atoms with van der Waals surface area (Å²) in [5.41, 5.74) is 2.13. The first-order valence-electron chi connectivity index (χ1n) is 7.86. The molecule has 5 heteroatoms. The number of nitro groups is 1. The highest BCUT2D eigenvalue weighted by molar-refractivity contribution is 5.43. The molecule has 1 atom stereocenters. The van der Waals surface area contributed by atoms with Gasteiger partial charge in [0, 0.05) is 43.9 Å². The van der Waals surface area contributed by atoms with Crippen LogP contribution in [0.5, 0.6) is 0 Å². The van der Waals surface area contributed by atoms with E-state index < -0.39 is 0 Å². The molecular weight excluding hydrogens is 266 g/mol. The van der Waals surface area contributed by atoms with Crippen LogP contribution in [0, 0.1) is 23.0 Å². The van der Waals surface area contributed by atoms with Gasteiger partial charge in [0.25, 0.3) is 5.69 Å². The lowest BCUT2D eigenvalue weighted by Gasteiger charge is -2.43. The Kier molecular flexibility index (Phi) is 4.22. The Bertz CT molecular complexity index is 522. The second kappa shape index (κ2) is 6.12. The van der Waals surface area contributed by atoms with Crippen LogP contribution in [0.15, 0.2) is 18.2 Å². The van der Waals surface area contributed by atoms with Crippen molar-refractivity contribution in [3.8, 4) is 0 Å². The summed E-state index contributed by atoms with van der Waals surface area (Å²) in [7, 11) is 0. The number of piperazine rings is 1. The molecule has 2 aliphatic rings. The first-order valence-corrected chi connectivity index (χ1v) is 7.86. The van der Waals surface area contributed by atoms with E-state index in [0.717, 1.165) is 37.3 Å². The fourth-order valence-corrected chi connectivity index (χ4v) is 3.50. The minimum absolute atomic E-state index is 0.256. The summed E-state index contributed by atoms with van der Waals surface area (Å²) in [5, 5.41) is 14.6. The van der Waals surface area contributed by atoms with Crippen molar-refractivity contribution in [1.82, 2.24) is 10.2 Å². The number of nitrogens with one attached hydrogen (secondary N) is 1. The van der Waals surface area contributed by atoms with E-state index in [1.54, 1.807) is 6.07 Å². The smallest absolute Gasteiger partial charge is 0.272 e. The van der Waals surface area contributed by atoms with E-state index in [1.807, 2.05) is 13.0 Å². The Morgan fingerprint density at radius 1 is 1.33 bits per heavy atom. The lowest BCUT2D eigenvalue weighted by Crippen LogP contribution is -2.47. The molecule has 0 amide bonds. The van der Waals surface area contributed by atoms with Gasteiger partial charge in [0.2, 0.25) is 0 Å². The molecule has 1 saturated heterocycles. The van der Waals surface area contributed by atoms with Crippen molar-refractivity contribution >= 4 is 5.69 Å². The zero-order chi connectivity index (χ0) is 14.8. The summed E-state index contributed by atoms with van der Waals surface area (Å²) in [4.78, 5) is 13.5. The molecule has 5 nitrogen and oxygen atoms in total. The van der Waals surface area contributed by atoms with Gasteiger partial charge in [0.1, 0.15) is 0 Å². The molecule has 0 radical (unpaired) electrons. The quantitative estimate of drug-likeness (QED) is 0.684. The van der Waals surface area contributed by atoms with Gasteiger partial charge in [-0.25, -0.2) is 0 Å². The number of nitro benzene ring substituents is 1. The normalized spacial score (nSPS) is 21.8. The second-order valence-corrected chi connectivity index (χ2v) is 6.22. The third-order valence-electron chi connectivity index (χ3n) is 4.91. The molecule has 0 bridgehead atoms. The standard InChI is InChI=1S/C16H23N3O2/c1-12-5-6-14(11-15(12)19(20)21)16(13-3-2-4-13)18-9-7-17-8-10-18/h5-6,11,13,16-17H,2-4,7-10H2,1H3/t16-/m1/s1. The molecule has 1 saturated carbocycles. The van der Waals surface area contributed by atoms with E-state index in [4.69, 9.17) is 0 Å². The Morgan fingerprint density at radius 3 is 2.62 bits per heavy atom. The third kappa shape index (κ3) is 2.94. The number of nitrogens with zero attached hydrogens (tertiary/aromatic N) is 2. The first-order chi connectivity index (χ1) is 10.2. The number of hydrogen-bond acceptors (Lipinski definition) is 4. The van der Waals surface area contributed by atoms with Gasteiger partial charge in [-0.3, -0.25) is 15.0 Å². The summed E-state index contributed by atoms with van der Waals surface area (Å²) in [6.45, 7) is 5.89. The van der Waals surface area contributed by atoms with Crippen LogP contribution in [0.25, 0.3) is 0 Å². The van der Waals surface area contributed by atoms with E-state index in [-0.39, 0.29) is 10.6 Å². The fourth-order valence-electron chi connectivity index (χ4n) is 3.50. The van der Waals surface area contributed by atoms with Crippen molar-refractivity contribution in [2.75, 3.05) is 26.2 Å². The predicted molar refractivity (Wildman–Crippen MR) is 82.4 cm³/mol. The minimum atomic E-state index is -0.256. The van der Waals surface area contributed by atoms with Gasteiger partial charge >= 0.3 is 0 Å². The summed E-state index contributed by atoms with van der Waals surface area (Å²) in [6, 6.07) is 6.15. The number of hydrogen-bond donors (Lipinski definition) is 1. The predicted octanol–water partition coefficient (Wildman–Crippen LogP) is 2.65. The summed E-state index contributed by atoms with van der Waals surface area (Å²) in [6.07, 6.45) is 3.79. The van der Waals surface area contributed by atoms with Crippen LogP contribution in [0.3, 0.4) is 0 Å². The number of rotatable bonds is 4. The van der Waals surface area contributed by atoms with Crippen LogP contribution in [-0.4, -0.2) is 36.0 Å². The number of benzene rings is 1. The molecule has 0 spiro atoms. The molecule has 1 N–H and O–H groups in total. The Morgan fingerprint density at radius 2 is 2.05 bits per heavy atom. The molecule has 2 fully saturated rings. The lowest BCUT2D eigenvalue weighted by atomic mass is 9.76. The maximum absolute atomic E-state index is 11.2. The van der Waals surface area contributed by atoms with Gasteiger partial charge in [-0.15, -0.1) is 0 Å². The first kappa shape index (κ1) is 14.5. The second-order valence-electron chi connectivity index (χ2n) is 6.22. The fraction of sp³-hybridized carbons (Fsp3) is 0.625. The van der Waals surface area contributed by atoms with E-state index in [2.05, 4.69) is 16.3 Å². The SMILES string of the molecule is Cc1ccc([C@@H](C2CCC2)N2CCNCC2)cc1[N+](=O)[O-]. The van der Waals surface area contributed by atoms with Crippen molar-refractivity contribution in [3.63, 3.8) is 0 Å². The highest BCUT2D eigenvalue weighted by Crippen LogP contribution is 2.42. The van der Waals surface area contributed by atoms with Crippen molar-refractivity contribution in [3.05, 3.63) is 39.4 Å². The Labute approximate surface area is 125 Å². The van der Waals surface area contributed by atoms with Gasteiger partial charge in [-0.05, 0) is 31.2 Å². The monoisotopic (exact) mass is 289 g/mol. The third-order valence-corrected chi connectivity index (χ3v) is 4.91. The van der Waals surface area contributed by atoms with Crippen molar-refractivity contribution < 1.29 is 4.92 Å². The molecule has 1 aromatic rings. The summed E-state index contributed by atoms with van der Waals surface area (Å²) in [5.74, 6) is 0.658. The molecule has 0 aromatic heterocycles. The van der Waals surface area contributed by atoms with Crippen molar-refractivity contribution in [2.24, 2.45) is 5.92 Å². The Hall–Kier alpha value is -1.46. The average Bonchev–Trinajstić information content (AvgIpc) is 2.44. The van der Waals surface area contributed by atoms with Crippen molar-refractivity contribution in [1.29, 1.82) is 0 Å². The highest BCUT2D eigenvalue weighted by Gasteiger charge is 2.34. The lowest BCUT2D eigenvalue weighted by molar-refractivity contribution is -0.385. The molecule has 1 aromatic carbocycles. The Balaban J connectivity index is 1.91. The van der Waals surface area contributed by atoms with E-state index >= 15 is 0 Å². The van der Waals surface area contributed by atoms with E-state index in [1.165, 1.54) is 19.3 Å². The largest absolute Gasteiger partial charge is 0.314 e. The summed E-state index contributed by atoms with van der Waals surface area (Å²) < 4.78 is 0. The minimum Gasteiger partial charge on any atom is -0.314 e. The van der Waals surface area contributed by atoms with Gasteiger partial charge in [0.05, 0.1) is 4.92 Å². The van der Waals surface area contributed by atoms with Crippen LogP contribution < -0.4 is 5.32 Å². The zero-order valence-electron chi connectivity index (χ0n) is 12.5. The van der Waals surface area contributed by atoms with Crippen LogP contribution in [0.2, 0.25) is 0 Å². The molecule has 0 unspecified atom stereocenters. The maximum Gasteiger partial charge on any atom is 0.272 e. The van der Waals surface area contributed by atoms with Crippen LogP contribution >= 0.6 is 0 Å². The van der Waals surface area contributed by atoms with Gasteiger partial charge in [-0.2, -0.15) is 0 Å². The molecule has 1 aliphatic carbocycles. The van der Waals surface area contributed by atoms with E-state index in [9.17, 15) is 10.1 Å². The molecule has 114 valence electrons. The number of aryl methyl sites for hydroxylation is 1. The maximum atomic E-state index is 11.2. The zero-order valence-corrected chi connectivity index (χ0v) is 12.5. The topological polar surface area (TPSA) is 58.4 Å². The van der Waals surface area contributed by atoms with Crippen LogP contribution in [0.4, 0.5) is 5.69 Å². The average molecular weight is 289 g/mol. The van der Waals surface area contributed by atoms with Crippen LogP contribution in [-0.2, 0) is 0 Å². The highest BCUT2D eigenvalue weighted by atomic mass is 16.6. The van der Waals surface area contributed by atoms with Gasteiger partial charge < -0.3 is 5.32 Å². The summed E-state index contributed by atoms with van der Waals surface area (Å²) >= 11 is 0. The van der Waals surface area contributed by atoms with Gasteiger partial charge in [0.15, 0.2) is 0 Å². The molecule has 21 heavy (non-hydrogen) atoms. The van der Waals surface area contributed by atoms with E-state index in [0.29, 0.717) is 12.0 Å². The van der Waals surface area contributed by atoms with Gasteiger partial charge in [-0.1, -0.05) is 18.6 Å². The van der Waals surface area contributed by atoms with Crippen molar-refractivity contribution in [2.45, 2.75) is 32.2 Å². The van der Waals surface area contributed by atoms with Crippen LogP contribution in [0.1, 0.15) is 36.4 Å². The molecule has 3 rings (SSSR count).